The molecule has 0 heterocycles. The van der Waals surface area contributed by atoms with Crippen LogP contribution in [0, 0.1) is 11.6 Å². The molecule has 0 fully saturated rings. The van der Waals surface area contributed by atoms with Gasteiger partial charge in [0.2, 0.25) is 15.9 Å². The lowest BCUT2D eigenvalue weighted by atomic mass is 10.1. The van der Waals surface area contributed by atoms with E-state index in [1.54, 1.807) is 19.1 Å². The van der Waals surface area contributed by atoms with E-state index in [9.17, 15) is 22.0 Å². The number of halogens is 2. The molecule has 0 radical (unpaired) electrons. The predicted octanol–water partition coefficient (Wildman–Crippen LogP) is 2.87. The number of carbonyl (C=O) groups excluding carboxylic acids is 1. The van der Waals surface area contributed by atoms with Gasteiger partial charge in [-0.15, -0.1) is 0 Å². The minimum atomic E-state index is -3.76. The van der Waals surface area contributed by atoms with Crippen LogP contribution in [0.15, 0.2) is 48.5 Å². The third-order valence-corrected chi connectivity index (χ3v) is 5.22. The van der Waals surface area contributed by atoms with E-state index in [1.807, 2.05) is 0 Å². The van der Waals surface area contributed by atoms with Gasteiger partial charge in [-0.25, -0.2) is 17.2 Å². The van der Waals surface area contributed by atoms with Crippen molar-refractivity contribution in [1.82, 2.24) is 5.32 Å². The highest BCUT2D eigenvalue weighted by atomic mass is 32.2. The van der Waals surface area contributed by atoms with E-state index < -0.39 is 27.8 Å². The zero-order valence-electron chi connectivity index (χ0n) is 15.2. The topological polar surface area (TPSA) is 66.5 Å². The van der Waals surface area contributed by atoms with Crippen molar-refractivity contribution in [3.63, 3.8) is 0 Å². The summed E-state index contributed by atoms with van der Waals surface area (Å²) >= 11 is 0. The van der Waals surface area contributed by atoms with Crippen LogP contribution in [0.1, 0.15) is 18.9 Å². The molecular formula is C19H22F2N2O3S. The fraction of sp³-hybridized carbons (Fsp3) is 0.316. The molecule has 2 aromatic carbocycles. The van der Waals surface area contributed by atoms with Crippen LogP contribution in [-0.4, -0.2) is 33.2 Å². The Morgan fingerprint density at radius 2 is 1.56 bits per heavy atom. The molecule has 0 aromatic heterocycles. The fourth-order valence-corrected chi connectivity index (χ4v) is 3.96. The largest absolute Gasteiger partial charge is 0.354 e. The average molecular weight is 396 g/mol. The number of amides is 1. The first-order chi connectivity index (χ1) is 12.7. The van der Waals surface area contributed by atoms with E-state index in [1.165, 1.54) is 24.3 Å². The SMILES string of the molecule is CC[C@@H](C(=O)NCCc1ccc(F)cc1)N(c1ccc(F)cc1)S(C)(=O)=O. The molecule has 0 aliphatic heterocycles. The van der Waals surface area contributed by atoms with E-state index in [-0.39, 0.29) is 24.5 Å². The summed E-state index contributed by atoms with van der Waals surface area (Å²) in [5, 5.41) is 2.72. The van der Waals surface area contributed by atoms with Gasteiger partial charge in [0.25, 0.3) is 0 Å². The summed E-state index contributed by atoms with van der Waals surface area (Å²) in [5.74, 6) is -1.28. The van der Waals surface area contributed by atoms with Crippen LogP contribution in [0.5, 0.6) is 0 Å². The number of nitrogens with zero attached hydrogens (tertiary/aromatic N) is 1. The van der Waals surface area contributed by atoms with Gasteiger partial charge in [0.1, 0.15) is 17.7 Å². The van der Waals surface area contributed by atoms with Crippen molar-refractivity contribution >= 4 is 21.6 Å². The van der Waals surface area contributed by atoms with Crippen molar-refractivity contribution in [3.8, 4) is 0 Å². The third kappa shape index (κ3) is 5.75. The minimum absolute atomic E-state index is 0.222. The van der Waals surface area contributed by atoms with Crippen molar-refractivity contribution in [1.29, 1.82) is 0 Å². The zero-order valence-corrected chi connectivity index (χ0v) is 16.0. The highest BCUT2D eigenvalue weighted by molar-refractivity contribution is 7.92. The Hall–Kier alpha value is -2.48. The molecular weight excluding hydrogens is 374 g/mol. The fourth-order valence-electron chi connectivity index (χ4n) is 2.75. The van der Waals surface area contributed by atoms with Crippen LogP contribution in [0.25, 0.3) is 0 Å². The van der Waals surface area contributed by atoms with Gasteiger partial charge >= 0.3 is 0 Å². The normalized spacial score (nSPS) is 12.4. The molecule has 27 heavy (non-hydrogen) atoms. The standard InChI is InChI=1S/C19H22F2N2O3S/c1-3-18(19(24)22-13-12-14-4-6-15(20)7-5-14)23(27(2,25)26)17-10-8-16(21)9-11-17/h4-11,18H,3,12-13H2,1-2H3,(H,22,24)/t18-/m0/s1. The summed E-state index contributed by atoms with van der Waals surface area (Å²) < 4.78 is 51.6. The van der Waals surface area contributed by atoms with Gasteiger partial charge in [0.05, 0.1) is 11.9 Å². The molecule has 1 N–H and O–H groups in total. The maximum atomic E-state index is 13.2. The third-order valence-electron chi connectivity index (χ3n) is 4.04. The molecule has 8 heteroatoms. The molecule has 0 spiro atoms. The molecule has 5 nitrogen and oxygen atoms in total. The Bertz CT molecular complexity index is 869. The molecule has 2 aromatic rings. The number of rotatable bonds is 8. The number of nitrogens with one attached hydrogen (secondary N) is 1. The number of hydrogen-bond acceptors (Lipinski definition) is 3. The van der Waals surface area contributed by atoms with Gasteiger partial charge in [-0.3, -0.25) is 9.10 Å². The monoisotopic (exact) mass is 396 g/mol. The quantitative estimate of drug-likeness (QED) is 0.746. The number of hydrogen-bond donors (Lipinski definition) is 1. The summed E-state index contributed by atoms with van der Waals surface area (Å²) in [6.45, 7) is 1.98. The number of benzene rings is 2. The molecule has 2 rings (SSSR count). The Morgan fingerprint density at radius 3 is 2.04 bits per heavy atom. The maximum absolute atomic E-state index is 13.2. The van der Waals surface area contributed by atoms with E-state index in [4.69, 9.17) is 0 Å². The number of sulfonamides is 1. The van der Waals surface area contributed by atoms with Crippen molar-refractivity contribution in [2.75, 3.05) is 17.1 Å². The lowest BCUT2D eigenvalue weighted by molar-refractivity contribution is -0.122. The molecule has 0 unspecified atom stereocenters. The Kier molecular flexibility index (Phi) is 6.90. The molecule has 1 atom stereocenters. The van der Waals surface area contributed by atoms with Gasteiger partial charge in [0.15, 0.2) is 0 Å². The van der Waals surface area contributed by atoms with Gasteiger partial charge in [-0.1, -0.05) is 19.1 Å². The summed E-state index contributed by atoms with van der Waals surface area (Å²) in [4.78, 5) is 12.6. The average Bonchev–Trinajstić information content (AvgIpc) is 2.61. The molecule has 146 valence electrons. The minimum Gasteiger partial charge on any atom is -0.354 e. The van der Waals surface area contributed by atoms with Crippen LogP contribution >= 0.6 is 0 Å². The van der Waals surface area contributed by atoms with Crippen molar-refractivity contribution in [3.05, 3.63) is 65.7 Å². The van der Waals surface area contributed by atoms with Gasteiger partial charge in [0, 0.05) is 6.54 Å². The highest BCUT2D eigenvalue weighted by Crippen LogP contribution is 2.22. The number of anilines is 1. The van der Waals surface area contributed by atoms with Gasteiger partial charge in [-0.05, 0) is 54.8 Å². The zero-order chi connectivity index (χ0) is 20.0. The summed E-state index contributed by atoms with van der Waals surface area (Å²) in [5.41, 5.74) is 1.07. The lowest BCUT2D eigenvalue weighted by Gasteiger charge is -2.30. The van der Waals surface area contributed by atoms with Crippen LogP contribution in [0.3, 0.4) is 0 Å². The molecule has 1 amide bonds. The van der Waals surface area contributed by atoms with Crippen molar-refractivity contribution < 1.29 is 22.0 Å². The molecule has 0 bridgehead atoms. The second kappa shape index (κ2) is 8.94. The van der Waals surface area contributed by atoms with Crippen LogP contribution in [0.2, 0.25) is 0 Å². The smallest absolute Gasteiger partial charge is 0.243 e. The lowest BCUT2D eigenvalue weighted by Crippen LogP contribution is -2.49. The summed E-state index contributed by atoms with van der Waals surface area (Å²) in [7, 11) is -3.76. The van der Waals surface area contributed by atoms with Gasteiger partial charge in [-0.2, -0.15) is 0 Å². The van der Waals surface area contributed by atoms with E-state index in [0.717, 1.165) is 28.3 Å². The molecule has 0 aliphatic carbocycles. The van der Waals surface area contributed by atoms with Crippen LogP contribution in [0.4, 0.5) is 14.5 Å². The Morgan fingerprint density at radius 1 is 1.04 bits per heavy atom. The first-order valence-electron chi connectivity index (χ1n) is 8.49. The van der Waals surface area contributed by atoms with Gasteiger partial charge < -0.3 is 5.32 Å². The maximum Gasteiger partial charge on any atom is 0.243 e. The Balaban J connectivity index is 2.11. The predicted molar refractivity (Wildman–Crippen MR) is 101 cm³/mol. The van der Waals surface area contributed by atoms with E-state index >= 15 is 0 Å². The highest BCUT2D eigenvalue weighted by Gasteiger charge is 2.31. The van der Waals surface area contributed by atoms with Crippen molar-refractivity contribution in [2.45, 2.75) is 25.8 Å². The van der Waals surface area contributed by atoms with E-state index in [2.05, 4.69) is 5.32 Å². The number of carbonyl (C=O) groups is 1. The summed E-state index contributed by atoms with van der Waals surface area (Å²) in [6.07, 6.45) is 1.73. The van der Waals surface area contributed by atoms with Crippen LogP contribution < -0.4 is 9.62 Å². The first kappa shape index (κ1) is 20.8. The van der Waals surface area contributed by atoms with Crippen molar-refractivity contribution in [2.24, 2.45) is 0 Å². The first-order valence-corrected chi connectivity index (χ1v) is 10.3. The molecule has 0 saturated heterocycles. The van der Waals surface area contributed by atoms with Crippen LogP contribution in [-0.2, 0) is 21.2 Å². The molecule has 0 saturated carbocycles. The Labute approximate surface area is 158 Å². The van der Waals surface area contributed by atoms with E-state index in [0.29, 0.717) is 6.42 Å². The second-order valence-electron chi connectivity index (χ2n) is 6.13. The summed E-state index contributed by atoms with van der Waals surface area (Å²) in [6, 6.07) is 9.91. The second-order valence-corrected chi connectivity index (χ2v) is 7.99. The molecule has 0 aliphatic rings.